The summed E-state index contributed by atoms with van der Waals surface area (Å²) in [4.78, 5) is 13.9. The molecule has 0 heterocycles. The molecule has 2 heteroatoms. The van der Waals surface area contributed by atoms with Gasteiger partial charge in [0, 0.05) is 25.3 Å². The SMILES string of the molecule is CN(C)c1ccc(C=CC(=O)c2ccccc2)cc1. The molecule has 2 nitrogen and oxygen atoms in total. The number of carbonyl (C=O) groups is 1. The van der Waals surface area contributed by atoms with E-state index in [1.165, 1.54) is 0 Å². The number of allylic oxidation sites excluding steroid dienone is 1. The largest absolute Gasteiger partial charge is 0.378 e. The van der Waals surface area contributed by atoms with Crippen LogP contribution in [0.4, 0.5) is 5.69 Å². The Kier molecular flexibility index (Phi) is 4.14. The first-order valence-electron chi connectivity index (χ1n) is 6.21. The van der Waals surface area contributed by atoms with Crippen LogP contribution in [0, 0.1) is 0 Å². The molecule has 2 rings (SSSR count). The molecule has 0 aliphatic rings. The van der Waals surface area contributed by atoms with Gasteiger partial charge in [0.15, 0.2) is 5.78 Å². The lowest BCUT2D eigenvalue weighted by molar-refractivity contribution is 0.104. The first-order chi connectivity index (χ1) is 9.16. The summed E-state index contributed by atoms with van der Waals surface area (Å²) in [7, 11) is 4.01. The van der Waals surface area contributed by atoms with Gasteiger partial charge in [0.1, 0.15) is 0 Å². The topological polar surface area (TPSA) is 20.3 Å². The van der Waals surface area contributed by atoms with Gasteiger partial charge in [0.25, 0.3) is 0 Å². The van der Waals surface area contributed by atoms with E-state index in [-0.39, 0.29) is 5.78 Å². The minimum absolute atomic E-state index is 0.0253. The third-order valence-electron chi connectivity index (χ3n) is 2.89. The highest BCUT2D eigenvalue weighted by molar-refractivity contribution is 6.06. The van der Waals surface area contributed by atoms with E-state index in [2.05, 4.69) is 0 Å². The zero-order valence-electron chi connectivity index (χ0n) is 11.2. The third-order valence-corrected chi connectivity index (χ3v) is 2.89. The minimum Gasteiger partial charge on any atom is -0.378 e. The van der Waals surface area contributed by atoms with Crippen LogP contribution < -0.4 is 4.90 Å². The summed E-state index contributed by atoms with van der Waals surface area (Å²) in [6.07, 6.45) is 3.45. The molecular weight excluding hydrogens is 234 g/mol. The van der Waals surface area contributed by atoms with Gasteiger partial charge in [-0.2, -0.15) is 0 Å². The van der Waals surface area contributed by atoms with Crippen LogP contribution in [-0.2, 0) is 0 Å². The van der Waals surface area contributed by atoms with Crippen molar-refractivity contribution in [1.29, 1.82) is 0 Å². The molecule has 0 atom stereocenters. The molecule has 0 amide bonds. The van der Waals surface area contributed by atoms with Crippen molar-refractivity contribution in [3.63, 3.8) is 0 Å². The molecule has 0 N–H and O–H groups in total. The molecule has 0 aliphatic carbocycles. The first-order valence-corrected chi connectivity index (χ1v) is 6.21. The Morgan fingerprint density at radius 3 is 2.16 bits per heavy atom. The number of rotatable bonds is 4. The molecule has 96 valence electrons. The third kappa shape index (κ3) is 3.55. The van der Waals surface area contributed by atoms with E-state index < -0.39 is 0 Å². The number of hydrogen-bond donors (Lipinski definition) is 0. The average molecular weight is 251 g/mol. The molecule has 19 heavy (non-hydrogen) atoms. The van der Waals surface area contributed by atoms with Crippen molar-refractivity contribution < 1.29 is 4.79 Å². The molecule has 2 aromatic carbocycles. The van der Waals surface area contributed by atoms with E-state index in [1.54, 1.807) is 6.08 Å². The number of ketones is 1. The fourth-order valence-electron chi connectivity index (χ4n) is 1.75. The molecule has 0 fully saturated rings. The maximum Gasteiger partial charge on any atom is 0.185 e. The predicted octanol–water partition coefficient (Wildman–Crippen LogP) is 3.65. The average Bonchev–Trinajstić information content (AvgIpc) is 2.46. The molecule has 0 spiro atoms. The van der Waals surface area contributed by atoms with Gasteiger partial charge in [-0.15, -0.1) is 0 Å². The summed E-state index contributed by atoms with van der Waals surface area (Å²) in [5.74, 6) is 0.0253. The second kappa shape index (κ2) is 6.01. The smallest absolute Gasteiger partial charge is 0.185 e. The van der Waals surface area contributed by atoms with E-state index in [0.717, 1.165) is 11.3 Å². The summed E-state index contributed by atoms with van der Waals surface area (Å²) in [6.45, 7) is 0. The second-order valence-corrected chi connectivity index (χ2v) is 4.55. The zero-order chi connectivity index (χ0) is 13.7. The lowest BCUT2D eigenvalue weighted by atomic mass is 10.1. The Hall–Kier alpha value is -2.35. The van der Waals surface area contributed by atoms with Crippen LogP contribution >= 0.6 is 0 Å². The Morgan fingerprint density at radius 2 is 1.58 bits per heavy atom. The summed E-state index contributed by atoms with van der Waals surface area (Å²) >= 11 is 0. The van der Waals surface area contributed by atoms with Gasteiger partial charge in [0.05, 0.1) is 0 Å². The minimum atomic E-state index is 0.0253. The van der Waals surface area contributed by atoms with Crippen LogP contribution in [0.25, 0.3) is 6.08 Å². The van der Waals surface area contributed by atoms with Gasteiger partial charge in [-0.3, -0.25) is 4.79 Å². The molecular formula is C17H17NO. The summed E-state index contributed by atoms with van der Waals surface area (Å²) in [5, 5.41) is 0. The van der Waals surface area contributed by atoms with Crippen LogP contribution in [-0.4, -0.2) is 19.9 Å². The van der Waals surface area contributed by atoms with Crippen molar-refractivity contribution in [2.24, 2.45) is 0 Å². The van der Waals surface area contributed by atoms with E-state index in [0.29, 0.717) is 5.56 Å². The quantitative estimate of drug-likeness (QED) is 0.610. The van der Waals surface area contributed by atoms with E-state index in [9.17, 15) is 4.79 Å². The van der Waals surface area contributed by atoms with E-state index >= 15 is 0 Å². The molecule has 0 bridgehead atoms. The number of hydrogen-bond acceptors (Lipinski definition) is 2. The standard InChI is InChI=1S/C17H17NO/c1-18(2)16-11-8-14(9-12-16)10-13-17(19)15-6-4-3-5-7-15/h3-13H,1-2H3. The van der Waals surface area contributed by atoms with Gasteiger partial charge < -0.3 is 4.90 Å². The molecule has 0 saturated heterocycles. The van der Waals surface area contributed by atoms with Crippen molar-refractivity contribution in [3.8, 4) is 0 Å². The molecule has 0 aliphatic heterocycles. The number of benzene rings is 2. The van der Waals surface area contributed by atoms with Crippen molar-refractivity contribution in [2.75, 3.05) is 19.0 Å². The van der Waals surface area contributed by atoms with Gasteiger partial charge >= 0.3 is 0 Å². The Balaban J connectivity index is 2.08. The first kappa shape index (κ1) is 13.1. The lowest BCUT2D eigenvalue weighted by Gasteiger charge is -2.11. The van der Waals surface area contributed by atoms with Gasteiger partial charge in [-0.05, 0) is 23.8 Å². The molecule has 0 aromatic heterocycles. The summed E-state index contributed by atoms with van der Waals surface area (Å²) < 4.78 is 0. The fourth-order valence-corrected chi connectivity index (χ4v) is 1.75. The summed E-state index contributed by atoms with van der Waals surface area (Å²) in [5.41, 5.74) is 2.88. The van der Waals surface area contributed by atoms with E-state index in [1.807, 2.05) is 79.7 Å². The highest BCUT2D eigenvalue weighted by Gasteiger charge is 1.99. The fraction of sp³-hybridized carbons (Fsp3) is 0.118. The summed E-state index contributed by atoms with van der Waals surface area (Å²) in [6, 6.07) is 17.4. The van der Waals surface area contributed by atoms with Crippen molar-refractivity contribution in [3.05, 3.63) is 71.8 Å². The van der Waals surface area contributed by atoms with Crippen LogP contribution in [0.1, 0.15) is 15.9 Å². The van der Waals surface area contributed by atoms with E-state index in [4.69, 9.17) is 0 Å². The molecule has 0 saturated carbocycles. The number of nitrogens with zero attached hydrogens (tertiary/aromatic N) is 1. The predicted molar refractivity (Wildman–Crippen MR) is 80.6 cm³/mol. The Labute approximate surface area is 114 Å². The van der Waals surface area contributed by atoms with Gasteiger partial charge in [-0.1, -0.05) is 48.5 Å². The van der Waals surface area contributed by atoms with Gasteiger partial charge in [-0.25, -0.2) is 0 Å². The Morgan fingerprint density at radius 1 is 0.947 bits per heavy atom. The maximum atomic E-state index is 11.9. The van der Waals surface area contributed by atoms with Crippen molar-refractivity contribution in [1.82, 2.24) is 0 Å². The maximum absolute atomic E-state index is 11.9. The Bertz CT molecular complexity index is 568. The molecule has 0 unspecified atom stereocenters. The van der Waals surface area contributed by atoms with Gasteiger partial charge in [0.2, 0.25) is 0 Å². The lowest BCUT2D eigenvalue weighted by Crippen LogP contribution is -2.07. The molecule has 2 aromatic rings. The zero-order valence-corrected chi connectivity index (χ0v) is 11.2. The monoisotopic (exact) mass is 251 g/mol. The highest BCUT2D eigenvalue weighted by atomic mass is 16.1. The van der Waals surface area contributed by atoms with Crippen molar-refractivity contribution in [2.45, 2.75) is 0 Å². The van der Waals surface area contributed by atoms with Crippen LogP contribution in [0.15, 0.2) is 60.7 Å². The highest BCUT2D eigenvalue weighted by Crippen LogP contribution is 2.13. The van der Waals surface area contributed by atoms with Crippen LogP contribution in [0.3, 0.4) is 0 Å². The van der Waals surface area contributed by atoms with Crippen molar-refractivity contribution >= 4 is 17.5 Å². The van der Waals surface area contributed by atoms with Crippen LogP contribution in [0.2, 0.25) is 0 Å². The van der Waals surface area contributed by atoms with Crippen LogP contribution in [0.5, 0.6) is 0 Å². The second-order valence-electron chi connectivity index (χ2n) is 4.55. The number of anilines is 1. The normalized spacial score (nSPS) is 10.6. The molecule has 0 radical (unpaired) electrons. The number of carbonyl (C=O) groups excluding carboxylic acids is 1.